The van der Waals surface area contributed by atoms with Gasteiger partial charge in [0.05, 0.1) is 0 Å². The molecule has 0 spiro atoms. The normalized spacial score (nSPS) is 12.1. The van der Waals surface area contributed by atoms with Crippen molar-refractivity contribution in [3.05, 3.63) is 23.8 Å². The number of ether oxygens (including phenoxy) is 1. The maximum Gasteiger partial charge on any atom is 0.173 e. The summed E-state index contributed by atoms with van der Waals surface area (Å²) in [5.74, 6) is 2.18. The molecule has 1 aliphatic heterocycles. The van der Waals surface area contributed by atoms with Gasteiger partial charge in [0, 0.05) is 0 Å². The van der Waals surface area contributed by atoms with E-state index in [4.69, 9.17) is 4.74 Å². The zero-order valence-corrected chi connectivity index (χ0v) is 5.35. The molecule has 1 aromatic carbocycles. The van der Waals surface area contributed by atoms with Gasteiger partial charge in [0.15, 0.2) is 11.5 Å². The maximum absolute atomic E-state index is 5.16. The molecule has 0 fully saturated rings. The van der Waals surface area contributed by atoms with Gasteiger partial charge in [-0.25, -0.2) is 0 Å². The molecule has 0 saturated heterocycles. The lowest BCUT2D eigenvalue weighted by Crippen LogP contribution is -1.70. The van der Waals surface area contributed by atoms with Crippen LogP contribution in [0.5, 0.6) is 11.5 Å². The van der Waals surface area contributed by atoms with Crippen molar-refractivity contribution in [3.63, 3.8) is 0 Å². The third kappa shape index (κ3) is 0.611. The Kier molecular flexibility index (Phi) is 0.810. The highest BCUT2D eigenvalue weighted by molar-refractivity contribution is 5.59. The molecule has 0 bridgehead atoms. The lowest BCUT2D eigenvalue weighted by atomic mass is 10.2. The summed E-state index contributed by atoms with van der Waals surface area (Å²) >= 11 is 0. The highest BCUT2D eigenvalue weighted by atomic mass is 16.6. The molecule has 1 heterocycles. The van der Waals surface area contributed by atoms with Crippen LogP contribution >= 0.6 is 0 Å². The molecule has 2 rings (SSSR count). The first-order chi connectivity index (χ1) is 4.42. The SMILES string of the molecule is CCc1cccc2c1O2. The fourth-order valence-corrected chi connectivity index (χ4v) is 1.02. The quantitative estimate of drug-likeness (QED) is 0.526. The van der Waals surface area contributed by atoms with Gasteiger partial charge in [-0.15, -0.1) is 0 Å². The van der Waals surface area contributed by atoms with Crippen molar-refractivity contribution in [2.45, 2.75) is 13.3 Å². The summed E-state index contributed by atoms with van der Waals surface area (Å²) in [5.41, 5.74) is 1.33. The third-order valence-electron chi connectivity index (χ3n) is 1.61. The third-order valence-corrected chi connectivity index (χ3v) is 1.61. The van der Waals surface area contributed by atoms with E-state index < -0.39 is 0 Å². The minimum atomic E-state index is 1.06. The number of hydrogen-bond acceptors (Lipinski definition) is 1. The van der Waals surface area contributed by atoms with Gasteiger partial charge in [-0.2, -0.15) is 0 Å². The molecule has 0 radical (unpaired) electrons. The van der Waals surface area contributed by atoms with Crippen LogP contribution in [0, 0.1) is 0 Å². The number of hydrogen-bond donors (Lipinski definition) is 0. The fraction of sp³-hybridized carbons (Fsp3) is 0.250. The molecule has 1 aliphatic rings. The van der Waals surface area contributed by atoms with Crippen LogP contribution in [0.25, 0.3) is 0 Å². The van der Waals surface area contributed by atoms with E-state index >= 15 is 0 Å². The summed E-state index contributed by atoms with van der Waals surface area (Å²) in [7, 11) is 0. The zero-order chi connectivity index (χ0) is 6.27. The van der Waals surface area contributed by atoms with Gasteiger partial charge in [-0.3, -0.25) is 0 Å². The lowest BCUT2D eigenvalue weighted by Gasteiger charge is -1.85. The van der Waals surface area contributed by atoms with Crippen molar-refractivity contribution in [1.82, 2.24) is 0 Å². The Hall–Kier alpha value is -0.980. The number of benzene rings is 1. The maximum atomic E-state index is 5.16. The zero-order valence-electron chi connectivity index (χ0n) is 5.35. The summed E-state index contributed by atoms with van der Waals surface area (Å²) < 4.78 is 5.16. The van der Waals surface area contributed by atoms with Crippen LogP contribution in [0.3, 0.4) is 0 Å². The van der Waals surface area contributed by atoms with Gasteiger partial charge in [-0.05, 0) is 18.1 Å². The minimum Gasteiger partial charge on any atom is -0.449 e. The Balaban J connectivity index is 2.51. The average molecular weight is 120 g/mol. The highest BCUT2D eigenvalue weighted by Crippen LogP contribution is 2.47. The van der Waals surface area contributed by atoms with Crippen molar-refractivity contribution >= 4 is 0 Å². The molecule has 46 valence electrons. The van der Waals surface area contributed by atoms with Crippen LogP contribution in [0.15, 0.2) is 18.2 Å². The Bertz CT molecular complexity index is 240. The number of fused-ring (bicyclic) bond motifs is 1. The second kappa shape index (κ2) is 1.50. The lowest BCUT2D eigenvalue weighted by molar-refractivity contribution is 0.644. The number of para-hydroxylation sites is 1. The van der Waals surface area contributed by atoms with Crippen LogP contribution in [0.2, 0.25) is 0 Å². The Morgan fingerprint density at radius 1 is 1.44 bits per heavy atom. The molecular formula is C8H8O. The first kappa shape index (κ1) is 4.86. The molecule has 0 atom stereocenters. The average Bonchev–Trinajstić information content (AvgIpc) is 2.64. The van der Waals surface area contributed by atoms with Crippen LogP contribution in [-0.2, 0) is 6.42 Å². The van der Waals surface area contributed by atoms with E-state index in [1.54, 1.807) is 0 Å². The van der Waals surface area contributed by atoms with Gasteiger partial charge in [0.1, 0.15) is 0 Å². The summed E-state index contributed by atoms with van der Waals surface area (Å²) in [5, 5.41) is 0. The van der Waals surface area contributed by atoms with Crippen molar-refractivity contribution in [2.24, 2.45) is 0 Å². The minimum absolute atomic E-state index is 1.06. The van der Waals surface area contributed by atoms with Crippen LogP contribution in [0.1, 0.15) is 12.5 Å². The summed E-state index contributed by atoms with van der Waals surface area (Å²) in [6.07, 6.45) is 1.07. The van der Waals surface area contributed by atoms with Gasteiger partial charge >= 0.3 is 0 Å². The van der Waals surface area contributed by atoms with Gasteiger partial charge in [0.25, 0.3) is 0 Å². The van der Waals surface area contributed by atoms with Crippen molar-refractivity contribution < 1.29 is 4.74 Å². The molecule has 0 N–H and O–H groups in total. The second-order valence-electron chi connectivity index (χ2n) is 2.20. The predicted molar refractivity (Wildman–Crippen MR) is 35.9 cm³/mol. The Labute approximate surface area is 54.3 Å². The predicted octanol–water partition coefficient (Wildman–Crippen LogP) is 2.35. The van der Waals surface area contributed by atoms with E-state index in [2.05, 4.69) is 13.0 Å². The van der Waals surface area contributed by atoms with Crippen molar-refractivity contribution in [1.29, 1.82) is 0 Å². The second-order valence-corrected chi connectivity index (χ2v) is 2.20. The van der Waals surface area contributed by atoms with Gasteiger partial charge in [0.2, 0.25) is 0 Å². The van der Waals surface area contributed by atoms with E-state index in [1.807, 2.05) is 12.1 Å². The van der Waals surface area contributed by atoms with E-state index in [0.717, 1.165) is 17.9 Å². The molecular weight excluding hydrogens is 112 g/mol. The molecule has 9 heavy (non-hydrogen) atoms. The summed E-state index contributed by atoms with van der Waals surface area (Å²) in [6, 6.07) is 6.13. The largest absolute Gasteiger partial charge is 0.449 e. The van der Waals surface area contributed by atoms with Crippen LogP contribution in [-0.4, -0.2) is 0 Å². The molecule has 0 unspecified atom stereocenters. The van der Waals surface area contributed by atoms with Crippen LogP contribution < -0.4 is 4.74 Å². The van der Waals surface area contributed by atoms with E-state index in [-0.39, 0.29) is 0 Å². The Morgan fingerprint density at radius 3 is 3.00 bits per heavy atom. The monoisotopic (exact) mass is 120 g/mol. The van der Waals surface area contributed by atoms with Gasteiger partial charge in [-0.1, -0.05) is 19.1 Å². The van der Waals surface area contributed by atoms with E-state index in [1.165, 1.54) is 5.56 Å². The molecule has 0 amide bonds. The molecule has 0 aliphatic carbocycles. The topological polar surface area (TPSA) is 12.5 Å². The Morgan fingerprint density at radius 2 is 2.33 bits per heavy atom. The molecule has 1 aromatic rings. The number of rotatable bonds is 1. The van der Waals surface area contributed by atoms with Crippen molar-refractivity contribution in [2.75, 3.05) is 0 Å². The smallest absolute Gasteiger partial charge is 0.173 e. The van der Waals surface area contributed by atoms with Crippen molar-refractivity contribution in [3.8, 4) is 11.5 Å². The molecule has 1 nitrogen and oxygen atoms in total. The standard InChI is InChI=1S/C8H8O/c1-2-6-4-3-5-7-8(6)9-7/h3-5H,2H2,1H3. The first-order valence-corrected chi connectivity index (χ1v) is 3.21. The molecule has 0 saturated carbocycles. The highest BCUT2D eigenvalue weighted by Gasteiger charge is 2.21. The fourth-order valence-electron chi connectivity index (χ4n) is 1.02. The molecule has 0 aromatic heterocycles. The first-order valence-electron chi connectivity index (χ1n) is 3.21. The summed E-state index contributed by atoms with van der Waals surface area (Å²) in [4.78, 5) is 0. The van der Waals surface area contributed by atoms with Crippen LogP contribution in [0.4, 0.5) is 0 Å². The van der Waals surface area contributed by atoms with E-state index in [0.29, 0.717) is 0 Å². The van der Waals surface area contributed by atoms with Gasteiger partial charge < -0.3 is 4.74 Å². The summed E-state index contributed by atoms with van der Waals surface area (Å²) in [6.45, 7) is 2.14. The molecule has 1 heteroatoms. The van der Waals surface area contributed by atoms with E-state index in [9.17, 15) is 0 Å². The number of aryl methyl sites for hydroxylation is 1.